The van der Waals surface area contributed by atoms with Crippen LogP contribution in [0.4, 0.5) is 18.9 Å². The molecular formula is C13H15F3N2. The van der Waals surface area contributed by atoms with Crippen LogP contribution in [0.25, 0.3) is 0 Å². The molecule has 2 aliphatic rings. The minimum absolute atomic E-state index is 0.0967. The molecule has 1 saturated heterocycles. The van der Waals surface area contributed by atoms with E-state index in [0.29, 0.717) is 17.7 Å². The molecule has 1 aromatic carbocycles. The number of benzene rings is 1. The first-order valence-electron chi connectivity index (χ1n) is 6.16. The van der Waals surface area contributed by atoms with Crippen molar-refractivity contribution in [3.05, 3.63) is 29.8 Å². The van der Waals surface area contributed by atoms with Crippen molar-refractivity contribution in [2.75, 3.05) is 25.0 Å². The maximum Gasteiger partial charge on any atom is 0.459 e. The van der Waals surface area contributed by atoms with E-state index in [1.165, 1.54) is 5.56 Å². The van der Waals surface area contributed by atoms with Crippen molar-refractivity contribution in [2.24, 2.45) is 0 Å². The van der Waals surface area contributed by atoms with Crippen LogP contribution in [0.1, 0.15) is 18.4 Å². The van der Waals surface area contributed by atoms with Crippen molar-refractivity contribution in [1.82, 2.24) is 4.90 Å². The summed E-state index contributed by atoms with van der Waals surface area (Å²) in [5.41, 5.74) is 2.17. The van der Waals surface area contributed by atoms with Crippen LogP contribution < -0.4 is 5.32 Å². The van der Waals surface area contributed by atoms with Crippen LogP contribution >= 0.6 is 0 Å². The first kappa shape index (κ1) is 11.8. The van der Waals surface area contributed by atoms with Crippen LogP contribution in [-0.4, -0.2) is 30.8 Å². The number of halogens is 3. The number of anilines is 1. The fourth-order valence-electron chi connectivity index (χ4n) is 3.09. The Morgan fingerprint density at radius 2 is 1.78 bits per heavy atom. The minimum atomic E-state index is -4.19. The maximum absolute atomic E-state index is 12.6. The SMILES string of the molecule is FC(F)(F)N1CCC2(CC1)CNc1ccccc12. The largest absolute Gasteiger partial charge is 0.459 e. The number of para-hydroxylation sites is 1. The Kier molecular flexibility index (Phi) is 2.55. The molecular weight excluding hydrogens is 241 g/mol. The summed E-state index contributed by atoms with van der Waals surface area (Å²) in [7, 11) is 0. The molecule has 2 heterocycles. The van der Waals surface area contributed by atoms with E-state index < -0.39 is 6.30 Å². The Morgan fingerprint density at radius 3 is 2.44 bits per heavy atom. The summed E-state index contributed by atoms with van der Waals surface area (Å²) in [6, 6.07) is 7.96. The fraction of sp³-hybridized carbons (Fsp3) is 0.538. The van der Waals surface area contributed by atoms with Gasteiger partial charge in [0.1, 0.15) is 0 Å². The summed E-state index contributed by atoms with van der Waals surface area (Å²) in [5.74, 6) is 0. The van der Waals surface area contributed by atoms with Gasteiger partial charge in [0.05, 0.1) is 0 Å². The summed E-state index contributed by atoms with van der Waals surface area (Å²) in [6.45, 7) is 0.955. The lowest BCUT2D eigenvalue weighted by molar-refractivity contribution is -0.252. The second kappa shape index (κ2) is 3.88. The molecule has 2 aliphatic heterocycles. The monoisotopic (exact) mass is 256 g/mol. The minimum Gasteiger partial charge on any atom is -0.384 e. The van der Waals surface area contributed by atoms with Crippen LogP contribution in [-0.2, 0) is 5.41 Å². The van der Waals surface area contributed by atoms with Gasteiger partial charge in [-0.15, -0.1) is 0 Å². The molecule has 0 unspecified atom stereocenters. The molecule has 98 valence electrons. The standard InChI is InChI=1S/C13H15F3N2/c14-13(15,16)18-7-5-12(6-8-18)9-17-11-4-2-1-3-10(11)12/h1-4,17H,5-9H2. The highest BCUT2D eigenvalue weighted by Crippen LogP contribution is 2.45. The molecule has 0 amide bonds. The van der Waals surface area contributed by atoms with Gasteiger partial charge in [-0.25, -0.2) is 4.90 Å². The van der Waals surface area contributed by atoms with Crippen molar-refractivity contribution in [3.8, 4) is 0 Å². The molecule has 0 atom stereocenters. The Hall–Kier alpha value is -1.23. The number of likely N-dealkylation sites (tertiary alicyclic amines) is 1. The second-order valence-electron chi connectivity index (χ2n) is 5.13. The molecule has 1 fully saturated rings. The van der Waals surface area contributed by atoms with Crippen LogP contribution in [0.15, 0.2) is 24.3 Å². The zero-order chi connectivity index (χ0) is 12.8. The number of fused-ring (bicyclic) bond motifs is 2. The summed E-state index contributed by atoms with van der Waals surface area (Å²) in [6.07, 6.45) is -3.06. The van der Waals surface area contributed by atoms with Gasteiger partial charge in [-0.2, -0.15) is 13.2 Å². The van der Waals surface area contributed by atoms with Gasteiger partial charge in [-0.3, -0.25) is 0 Å². The van der Waals surface area contributed by atoms with Crippen LogP contribution in [0, 0.1) is 0 Å². The van der Waals surface area contributed by atoms with Gasteiger partial charge in [0, 0.05) is 30.7 Å². The summed E-state index contributed by atoms with van der Waals surface area (Å²) in [4.78, 5) is 0.624. The average molecular weight is 256 g/mol. The molecule has 0 bridgehead atoms. The van der Waals surface area contributed by atoms with Gasteiger partial charge < -0.3 is 5.32 Å². The number of nitrogens with one attached hydrogen (secondary N) is 1. The molecule has 18 heavy (non-hydrogen) atoms. The molecule has 2 nitrogen and oxygen atoms in total. The highest BCUT2D eigenvalue weighted by atomic mass is 19.4. The quantitative estimate of drug-likeness (QED) is 0.718. The number of piperidine rings is 1. The van der Waals surface area contributed by atoms with E-state index in [2.05, 4.69) is 5.32 Å². The van der Waals surface area contributed by atoms with E-state index >= 15 is 0 Å². The van der Waals surface area contributed by atoms with Gasteiger partial charge in [0.25, 0.3) is 0 Å². The Bertz CT molecular complexity index is 448. The van der Waals surface area contributed by atoms with Crippen molar-refractivity contribution in [1.29, 1.82) is 0 Å². The van der Waals surface area contributed by atoms with Crippen LogP contribution in [0.3, 0.4) is 0 Å². The van der Waals surface area contributed by atoms with E-state index in [9.17, 15) is 13.2 Å². The maximum atomic E-state index is 12.6. The first-order chi connectivity index (χ1) is 8.51. The first-order valence-corrected chi connectivity index (χ1v) is 6.16. The van der Waals surface area contributed by atoms with Gasteiger partial charge >= 0.3 is 6.30 Å². The lowest BCUT2D eigenvalue weighted by atomic mass is 9.74. The zero-order valence-electron chi connectivity index (χ0n) is 9.93. The molecule has 0 saturated carbocycles. The molecule has 1 N–H and O–H groups in total. The molecule has 0 aromatic heterocycles. The molecule has 1 spiro atoms. The molecule has 0 aliphatic carbocycles. The van der Waals surface area contributed by atoms with E-state index in [1.807, 2.05) is 24.3 Å². The third-order valence-electron chi connectivity index (χ3n) is 4.19. The highest BCUT2D eigenvalue weighted by molar-refractivity contribution is 5.60. The summed E-state index contributed by atoms with van der Waals surface area (Å²) in [5, 5.41) is 3.31. The smallest absolute Gasteiger partial charge is 0.384 e. The predicted molar refractivity (Wildman–Crippen MR) is 63.5 cm³/mol. The number of rotatable bonds is 0. The Balaban J connectivity index is 1.81. The van der Waals surface area contributed by atoms with Crippen LogP contribution in [0.2, 0.25) is 0 Å². The third kappa shape index (κ3) is 1.77. The third-order valence-corrected chi connectivity index (χ3v) is 4.19. The Labute approximate surface area is 104 Å². The topological polar surface area (TPSA) is 15.3 Å². The van der Waals surface area contributed by atoms with Gasteiger partial charge in [-0.05, 0) is 24.5 Å². The molecule has 3 rings (SSSR count). The molecule has 5 heteroatoms. The fourth-order valence-corrected chi connectivity index (χ4v) is 3.09. The normalized spacial score (nSPS) is 22.8. The van der Waals surface area contributed by atoms with Gasteiger partial charge in [-0.1, -0.05) is 18.2 Å². The number of hydrogen-bond acceptors (Lipinski definition) is 2. The van der Waals surface area contributed by atoms with Crippen molar-refractivity contribution < 1.29 is 13.2 Å². The molecule has 0 radical (unpaired) electrons. The van der Waals surface area contributed by atoms with E-state index in [1.54, 1.807) is 0 Å². The number of nitrogens with zero attached hydrogens (tertiary/aromatic N) is 1. The number of alkyl halides is 3. The summed E-state index contributed by atoms with van der Waals surface area (Å²) < 4.78 is 37.9. The lowest BCUT2D eigenvalue weighted by Crippen LogP contribution is -2.49. The molecule has 1 aromatic rings. The predicted octanol–water partition coefficient (Wildman–Crippen LogP) is 2.97. The van der Waals surface area contributed by atoms with E-state index in [4.69, 9.17) is 0 Å². The average Bonchev–Trinajstić information content (AvgIpc) is 2.69. The van der Waals surface area contributed by atoms with E-state index in [0.717, 1.165) is 12.2 Å². The zero-order valence-corrected chi connectivity index (χ0v) is 9.93. The van der Waals surface area contributed by atoms with Gasteiger partial charge in [0.15, 0.2) is 0 Å². The van der Waals surface area contributed by atoms with Crippen molar-refractivity contribution >= 4 is 5.69 Å². The lowest BCUT2D eigenvalue weighted by Gasteiger charge is -2.39. The van der Waals surface area contributed by atoms with E-state index in [-0.39, 0.29) is 18.5 Å². The highest BCUT2D eigenvalue weighted by Gasteiger charge is 2.46. The second-order valence-corrected chi connectivity index (χ2v) is 5.13. The Morgan fingerprint density at radius 1 is 1.11 bits per heavy atom. The number of hydrogen-bond donors (Lipinski definition) is 1. The van der Waals surface area contributed by atoms with Crippen molar-refractivity contribution in [3.63, 3.8) is 0 Å². The van der Waals surface area contributed by atoms with Crippen LogP contribution in [0.5, 0.6) is 0 Å². The summed E-state index contributed by atoms with van der Waals surface area (Å²) >= 11 is 0. The van der Waals surface area contributed by atoms with Gasteiger partial charge in [0.2, 0.25) is 0 Å². The van der Waals surface area contributed by atoms with Crippen molar-refractivity contribution in [2.45, 2.75) is 24.6 Å².